The lowest BCUT2D eigenvalue weighted by molar-refractivity contribution is 0.101. The third kappa shape index (κ3) is 5.53. The largest absolute Gasteiger partial charge is 0.338 e. The number of hydrogen-bond acceptors (Lipinski definition) is 5. The normalized spacial score (nSPS) is 10.7. The monoisotopic (exact) mass is 598 g/mol. The van der Waals surface area contributed by atoms with Gasteiger partial charge in [-0.05, 0) is 84.9 Å². The molecule has 10 nitrogen and oxygen atoms in total. The zero-order valence-electron chi connectivity index (χ0n) is 24.0. The van der Waals surface area contributed by atoms with Gasteiger partial charge in [0.1, 0.15) is 11.6 Å². The van der Waals surface area contributed by atoms with E-state index in [0.717, 1.165) is 22.2 Å². The number of fused-ring (bicyclic) bond motifs is 2. The van der Waals surface area contributed by atoms with E-state index < -0.39 is 0 Å². The molecule has 0 radical (unpaired) electrons. The van der Waals surface area contributed by atoms with E-state index in [1.165, 1.54) is 0 Å². The van der Waals surface area contributed by atoms with Gasteiger partial charge in [0.25, 0.3) is 11.8 Å². The van der Waals surface area contributed by atoms with Crippen molar-refractivity contribution in [2.24, 2.45) is 0 Å². The predicted molar refractivity (Wildman–Crippen MR) is 176 cm³/mol. The fourth-order valence-electron chi connectivity index (χ4n) is 5.01. The summed E-state index contributed by atoms with van der Waals surface area (Å²) in [6.07, 6.45) is 0. The zero-order valence-corrected chi connectivity index (χ0v) is 24.0. The molecule has 218 valence electrons. The second kappa shape index (κ2) is 11.6. The standard InChI is InChI=1S/C36H22N8O2/c1-38-26-10-6-23(7-11-26)34-42-30-17-9-25(19-32(30)44-34)36(46)40-28-14-12-27(13-15-28)39-35(45)24-8-16-29-31(18-24)43-33(41-29)22-4-2-21(20-37)3-5-22/h2-19H,(H,39,45)(H,40,46)(H,41,43)(H,42,44). The number of hydrogen-bond donors (Lipinski definition) is 4. The van der Waals surface area contributed by atoms with Crippen LogP contribution in [0.1, 0.15) is 26.3 Å². The van der Waals surface area contributed by atoms with Crippen LogP contribution in [0.15, 0.2) is 109 Å². The minimum absolute atomic E-state index is 0.294. The van der Waals surface area contributed by atoms with Gasteiger partial charge in [-0.1, -0.05) is 24.3 Å². The summed E-state index contributed by atoms with van der Waals surface area (Å²) < 4.78 is 0. The topological polar surface area (TPSA) is 144 Å². The van der Waals surface area contributed by atoms with Crippen LogP contribution in [0.25, 0.3) is 49.7 Å². The molecule has 0 aliphatic carbocycles. The van der Waals surface area contributed by atoms with Crippen molar-refractivity contribution >= 4 is 50.9 Å². The van der Waals surface area contributed by atoms with Gasteiger partial charge in [-0.25, -0.2) is 14.8 Å². The molecule has 7 rings (SSSR count). The van der Waals surface area contributed by atoms with Crippen molar-refractivity contribution in [2.45, 2.75) is 0 Å². The van der Waals surface area contributed by atoms with Crippen LogP contribution in [0.2, 0.25) is 0 Å². The molecule has 46 heavy (non-hydrogen) atoms. The van der Waals surface area contributed by atoms with Crippen LogP contribution in [0.5, 0.6) is 0 Å². The number of nitrogens with one attached hydrogen (secondary N) is 4. The Bertz CT molecular complexity index is 2190. The summed E-state index contributed by atoms with van der Waals surface area (Å²) in [4.78, 5) is 45.2. The fourth-order valence-corrected chi connectivity index (χ4v) is 5.01. The highest BCUT2D eigenvalue weighted by Crippen LogP contribution is 2.25. The molecule has 5 aromatic carbocycles. The van der Waals surface area contributed by atoms with Gasteiger partial charge in [-0.15, -0.1) is 0 Å². The van der Waals surface area contributed by atoms with E-state index in [4.69, 9.17) is 11.8 Å². The van der Waals surface area contributed by atoms with E-state index in [2.05, 4.69) is 41.5 Å². The third-order valence-electron chi connectivity index (χ3n) is 7.45. The first kappa shape index (κ1) is 27.8. The Morgan fingerprint density at radius 2 is 1.11 bits per heavy atom. The van der Waals surface area contributed by atoms with Gasteiger partial charge in [0, 0.05) is 33.6 Å². The first-order valence-corrected chi connectivity index (χ1v) is 14.2. The Hall–Kier alpha value is -7.04. The molecule has 4 N–H and O–H groups in total. The molecule has 0 saturated carbocycles. The fraction of sp³-hybridized carbons (Fsp3) is 0. The summed E-state index contributed by atoms with van der Waals surface area (Å²) in [6.45, 7) is 7.11. The summed E-state index contributed by atoms with van der Waals surface area (Å²) >= 11 is 0. The average Bonchev–Trinajstić information content (AvgIpc) is 3.73. The number of aromatic amines is 2. The van der Waals surface area contributed by atoms with Crippen molar-refractivity contribution in [3.05, 3.63) is 137 Å². The number of rotatable bonds is 6. The number of imidazole rings is 2. The smallest absolute Gasteiger partial charge is 0.255 e. The molecular weight excluding hydrogens is 576 g/mol. The number of nitrogens with zero attached hydrogens (tertiary/aromatic N) is 4. The Labute approximate surface area is 262 Å². The van der Waals surface area contributed by atoms with Gasteiger partial charge < -0.3 is 20.6 Å². The van der Waals surface area contributed by atoms with Crippen LogP contribution in [0.4, 0.5) is 17.1 Å². The maximum atomic E-state index is 13.0. The minimum Gasteiger partial charge on any atom is -0.338 e. The second-order valence-electron chi connectivity index (χ2n) is 10.5. The number of benzene rings is 5. The van der Waals surface area contributed by atoms with Gasteiger partial charge in [-0.2, -0.15) is 5.26 Å². The maximum absolute atomic E-state index is 13.0. The molecule has 0 spiro atoms. The highest BCUT2D eigenvalue weighted by atomic mass is 16.2. The molecule has 0 saturated heterocycles. The molecule has 2 aromatic heterocycles. The summed E-state index contributed by atoms with van der Waals surface area (Å²) in [7, 11) is 0. The predicted octanol–water partition coefficient (Wildman–Crippen LogP) is 7.70. The van der Waals surface area contributed by atoms with Gasteiger partial charge >= 0.3 is 0 Å². The Morgan fingerprint density at radius 3 is 1.54 bits per heavy atom. The molecule has 0 aliphatic heterocycles. The quantitative estimate of drug-likeness (QED) is 0.145. The van der Waals surface area contributed by atoms with Crippen LogP contribution in [0, 0.1) is 17.9 Å². The molecule has 0 aliphatic rings. The van der Waals surface area contributed by atoms with Crippen LogP contribution in [-0.4, -0.2) is 31.8 Å². The Balaban J connectivity index is 1.00. The molecule has 0 bridgehead atoms. The molecular formula is C36H22N8O2. The van der Waals surface area contributed by atoms with E-state index in [-0.39, 0.29) is 11.8 Å². The van der Waals surface area contributed by atoms with E-state index in [1.807, 2.05) is 24.3 Å². The summed E-state index contributed by atoms with van der Waals surface area (Å²) in [5.74, 6) is 0.708. The van der Waals surface area contributed by atoms with E-state index in [0.29, 0.717) is 56.4 Å². The van der Waals surface area contributed by atoms with Gasteiger partial charge in [-0.3, -0.25) is 9.59 Å². The number of H-pyrrole nitrogens is 2. The minimum atomic E-state index is -0.296. The average molecular weight is 599 g/mol. The third-order valence-corrected chi connectivity index (χ3v) is 7.45. The SMILES string of the molecule is [C-]#[N+]c1ccc(-c2nc3cc(C(=O)Nc4ccc(NC(=O)c5ccc6[nH]c(-c7ccc(C#N)cc7)nc6c5)cc4)ccc3[nH]2)cc1. The van der Waals surface area contributed by atoms with Crippen molar-refractivity contribution < 1.29 is 9.59 Å². The molecule has 10 heteroatoms. The number of carbonyl (C=O) groups is 2. The lowest BCUT2D eigenvalue weighted by Gasteiger charge is -2.08. The second-order valence-corrected chi connectivity index (χ2v) is 10.5. The molecule has 0 atom stereocenters. The highest BCUT2D eigenvalue weighted by molar-refractivity contribution is 6.07. The van der Waals surface area contributed by atoms with Crippen molar-refractivity contribution in [3.8, 4) is 28.8 Å². The van der Waals surface area contributed by atoms with Gasteiger partial charge in [0.2, 0.25) is 0 Å². The number of nitriles is 1. The van der Waals surface area contributed by atoms with E-state index in [9.17, 15) is 9.59 Å². The molecule has 0 unspecified atom stereocenters. The number of amides is 2. The lowest BCUT2D eigenvalue weighted by Crippen LogP contribution is -2.13. The maximum Gasteiger partial charge on any atom is 0.255 e. The Morgan fingerprint density at radius 1 is 0.652 bits per heavy atom. The van der Waals surface area contributed by atoms with E-state index in [1.54, 1.807) is 84.9 Å². The lowest BCUT2D eigenvalue weighted by atomic mass is 10.1. The molecule has 7 aromatic rings. The van der Waals surface area contributed by atoms with Crippen LogP contribution in [-0.2, 0) is 0 Å². The van der Waals surface area contributed by atoms with Crippen LogP contribution in [0.3, 0.4) is 0 Å². The highest BCUT2D eigenvalue weighted by Gasteiger charge is 2.13. The number of carbonyl (C=O) groups excluding carboxylic acids is 2. The van der Waals surface area contributed by atoms with Gasteiger partial charge in [0.05, 0.1) is 40.3 Å². The number of aromatic nitrogens is 4. The van der Waals surface area contributed by atoms with E-state index >= 15 is 0 Å². The summed E-state index contributed by atoms with van der Waals surface area (Å²) in [6, 6.07) is 33.7. The Kier molecular flexibility index (Phi) is 6.98. The van der Waals surface area contributed by atoms with Gasteiger partial charge in [0.15, 0.2) is 5.69 Å². The number of anilines is 2. The first-order chi connectivity index (χ1) is 22.4. The van der Waals surface area contributed by atoms with Crippen molar-refractivity contribution in [1.29, 1.82) is 5.26 Å². The summed E-state index contributed by atoms with van der Waals surface area (Å²) in [5.41, 5.74) is 7.70. The first-order valence-electron chi connectivity index (χ1n) is 14.2. The zero-order chi connectivity index (χ0) is 31.6. The molecule has 0 fully saturated rings. The van der Waals surface area contributed by atoms with Crippen molar-refractivity contribution in [2.75, 3.05) is 10.6 Å². The van der Waals surface area contributed by atoms with Crippen LogP contribution >= 0.6 is 0 Å². The summed E-state index contributed by atoms with van der Waals surface area (Å²) in [5, 5.41) is 14.8. The molecule has 2 amide bonds. The van der Waals surface area contributed by atoms with Crippen molar-refractivity contribution in [3.63, 3.8) is 0 Å². The van der Waals surface area contributed by atoms with Crippen molar-refractivity contribution in [1.82, 2.24) is 19.9 Å². The van der Waals surface area contributed by atoms with Crippen LogP contribution < -0.4 is 10.6 Å². The molecule has 2 heterocycles.